The molecule has 0 aromatic heterocycles. The van der Waals surface area contributed by atoms with Crippen LogP contribution in [0.3, 0.4) is 0 Å². The monoisotopic (exact) mass is 367 g/mol. The number of halogens is 2. The molecule has 0 bridgehead atoms. The minimum atomic E-state index is -0.622. The van der Waals surface area contributed by atoms with E-state index in [1.165, 1.54) is 0 Å². The number of carbonyl (C=O) groups excluding carboxylic acids is 1. The maximum Gasteiger partial charge on any atom is 0.265 e. The van der Waals surface area contributed by atoms with Gasteiger partial charge < -0.3 is 10.1 Å². The van der Waals surface area contributed by atoms with Crippen LogP contribution in [-0.2, 0) is 4.79 Å². The molecule has 110 valence electrons. The number of ether oxygens (including phenoxy) is 1. The van der Waals surface area contributed by atoms with Crippen molar-refractivity contribution in [3.63, 3.8) is 0 Å². The normalized spacial score (nSPS) is 11.8. The Labute approximate surface area is 137 Å². The fraction of sp³-hybridized carbons (Fsp3) is 0.188. The van der Waals surface area contributed by atoms with Gasteiger partial charge in [0.2, 0.25) is 0 Å². The third kappa shape index (κ3) is 4.48. The van der Waals surface area contributed by atoms with Gasteiger partial charge in [0.05, 0.1) is 0 Å². The van der Waals surface area contributed by atoms with Gasteiger partial charge in [-0.2, -0.15) is 0 Å². The summed E-state index contributed by atoms with van der Waals surface area (Å²) in [5.41, 5.74) is 1.83. The van der Waals surface area contributed by atoms with Gasteiger partial charge in [-0.05, 0) is 49.7 Å². The van der Waals surface area contributed by atoms with Crippen molar-refractivity contribution in [1.29, 1.82) is 0 Å². The lowest BCUT2D eigenvalue weighted by molar-refractivity contribution is -0.122. The van der Waals surface area contributed by atoms with Crippen LogP contribution in [0.1, 0.15) is 12.5 Å². The van der Waals surface area contributed by atoms with Crippen LogP contribution in [0.5, 0.6) is 5.75 Å². The lowest BCUT2D eigenvalue weighted by Crippen LogP contribution is -2.30. The minimum Gasteiger partial charge on any atom is -0.481 e. The molecule has 3 nitrogen and oxygen atoms in total. The van der Waals surface area contributed by atoms with E-state index in [9.17, 15) is 4.79 Å². The number of amides is 1. The zero-order valence-corrected chi connectivity index (χ0v) is 14.0. The van der Waals surface area contributed by atoms with Crippen LogP contribution in [0.4, 0.5) is 5.69 Å². The Hall–Kier alpha value is -1.52. The van der Waals surface area contributed by atoms with E-state index in [4.69, 9.17) is 16.3 Å². The lowest BCUT2D eigenvalue weighted by Gasteiger charge is -2.15. The highest BCUT2D eigenvalue weighted by Crippen LogP contribution is 2.22. The van der Waals surface area contributed by atoms with Gasteiger partial charge in [0.1, 0.15) is 5.75 Å². The molecular formula is C16H15BrClNO2. The average Bonchev–Trinajstić information content (AvgIpc) is 2.43. The maximum absolute atomic E-state index is 12.1. The van der Waals surface area contributed by atoms with Crippen LogP contribution in [0.25, 0.3) is 0 Å². The molecule has 2 aromatic carbocycles. The minimum absolute atomic E-state index is 0.217. The Kier molecular flexibility index (Phi) is 5.26. The molecule has 21 heavy (non-hydrogen) atoms. The highest BCUT2D eigenvalue weighted by Gasteiger charge is 2.15. The molecule has 0 radical (unpaired) electrons. The summed E-state index contributed by atoms with van der Waals surface area (Å²) in [6.07, 6.45) is -0.622. The number of nitrogens with one attached hydrogen (secondary N) is 1. The van der Waals surface area contributed by atoms with Gasteiger partial charge in [0.25, 0.3) is 5.91 Å². The number of anilines is 1. The molecule has 1 N–H and O–H groups in total. The highest BCUT2D eigenvalue weighted by molar-refractivity contribution is 9.10. The van der Waals surface area contributed by atoms with Crippen molar-refractivity contribution in [3.8, 4) is 5.75 Å². The van der Waals surface area contributed by atoms with Gasteiger partial charge in [-0.15, -0.1) is 0 Å². The van der Waals surface area contributed by atoms with Crippen molar-refractivity contribution < 1.29 is 9.53 Å². The second kappa shape index (κ2) is 6.96. The number of hydrogen-bond acceptors (Lipinski definition) is 2. The summed E-state index contributed by atoms with van der Waals surface area (Å²) >= 11 is 9.32. The molecule has 1 amide bonds. The van der Waals surface area contributed by atoms with Crippen molar-refractivity contribution in [2.45, 2.75) is 20.0 Å². The lowest BCUT2D eigenvalue weighted by atomic mass is 10.2. The van der Waals surface area contributed by atoms with Crippen LogP contribution in [0.2, 0.25) is 5.02 Å². The summed E-state index contributed by atoms with van der Waals surface area (Å²) in [6, 6.07) is 12.6. The quantitative estimate of drug-likeness (QED) is 0.840. The Morgan fingerprint density at radius 3 is 2.71 bits per heavy atom. The molecule has 0 spiro atoms. The smallest absolute Gasteiger partial charge is 0.265 e. The Morgan fingerprint density at radius 1 is 1.29 bits per heavy atom. The molecule has 0 fully saturated rings. The topological polar surface area (TPSA) is 38.3 Å². The molecule has 0 saturated carbocycles. The van der Waals surface area contributed by atoms with E-state index in [0.717, 1.165) is 15.7 Å². The largest absolute Gasteiger partial charge is 0.481 e. The molecular weight excluding hydrogens is 354 g/mol. The second-order valence-corrected chi connectivity index (χ2v) is 5.96. The summed E-state index contributed by atoms with van der Waals surface area (Å²) in [5, 5.41) is 3.39. The molecule has 2 rings (SSSR count). The predicted molar refractivity (Wildman–Crippen MR) is 89.1 cm³/mol. The van der Waals surface area contributed by atoms with Gasteiger partial charge >= 0.3 is 0 Å². The van der Waals surface area contributed by atoms with E-state index in [0.29, 0.717) is 10.8 Å². The van der Waals surface area contributed by atoms with E-state index in [1.54, 1.807) is 31.2 Å². The van der Waals surface area contributed by atoms with Gasteiger partial charge in [-0.1, -0.05) is 39.7 Å². The number of rotatable bonds is 4. The van der Waals surface area contributed by atoms with Crippen molar-refractivity contribution >= 4 is 39.1 Å². The Morgan fingerprint density at radius 2 is 2.05 bits per heavy atom. The second-order valence-electron chi connectivity index (χ2n) is 4.67. The molecule has 0 aliphatic heterocycles. The van der Waals surface area contributed by atoms with E-state index in [2.05, 4.69) is 21.2 Å². The molecule has 2 aromatic rings. The number of carbonyl (C=O) groups is 1. The first-order valence-corrected chi connectivity index (χ1v) is 7.62. The summed E-state index contributed by atoms with van der Waals surface area (Å²) in [6.45, 7) is 3.68. The number of aryl methyl sites for hydroxylation is 1. The first-order valence-electron chi connectivity index (χ1n) is 6.45. The zero-order valence-electron chi connectivity index (χ0n) is 11.7. The van der Waals surface area contributed by atoms with Gasteiger partial charge in [-0.3, -0.25) is 4.79 Å². The van der Waals surface area contributed by atoms with Crippen LogP contribution in [-0.4, -0.2) is 12.0 Å². The third-order valence-electron chi connectivity index (χ3n) is 2.92. The summed E-state index contributed by atoms with van der Waals surface area (Å²) in [5.74, 6) is 0.348. The molecule has 1 unspecified atom stereocenters. The van der Waals surface area contributed by atoms with Crippen LogP contribution >= 0.6 is 27.5 Å². The van der Waals surface area contributed by atoms with Gasteiger partial charge in [0.15, 0.2) is 6.10 Å². The SMILES string of the molecule is Cc1ccc(NC(=O)C(C)Oc2cccc(Cl)c2)cc1Br. The summed E-state index contributed by atoms with van der Waals surface area (Å²) in [4.78, 5) is 12.1. The first-order chi connectivity index (χ1) is 9.95. The first kappa shape index (κ1) is 15.9. The molecule has 0 saturated heterocycles. The predicted octanol–water partition coefficient (Wildman–Crippen LogP) is 4.82. The van der Waals surface area contributed by atoms with Gasteiger partial charge in [-0.25, -0.2) is 0 Å². The molecule has 5 heteroatoms. The molecule has 0 aliphatic carbocycles. The molecule has 0 heterocycles. The fourth-order valence-electron chi connectivity index (χ4n) is 1.71. The maximum atomic E-state index is 12.1. The highest BCUT2D eigenvalue weighted by atomic mass is 79.9. The van der Waals surface area contributed by atoms with Crippen LogP contribution < -0.4 is 10.1 Å². The van der Waals surface area contributed by atoms with Crippen molar-refractivity contribution in [3.05, 3.63) is 57.5 Å². The van der Waals surface area contributed by atoms with Crippen LogP contribution in [0, 0.1) is 6.92 Å². The van der Waals surface area contributed by atoms with Crippen molar-refractivity contribution in [1.82, 2.24) is 0 Å². The van der Waals surface area contributed by atoms with E-state index in [1.807, 2.05) is 25.1 Å². The third-order valence-corrected chi connectivity index (χ3v) is 4.01. The fourth-order valence-corrected chi connectivity index (χ4v) is 2.27. The van der Waals surface area contributed by atoms with Crippen LogP contribution in [0.15, 0.2) is 46.9 Å². The van der Waals surface area contributed by atoms with E-state index < -0.39 is 6.10 Å². The van der Waals surface area contributed by atoms with E-state index in [-0.39, 0.29) is 5.91 Å². The average molecular weight is 369 g/mol. The molecule has 0 aliphatic rings. The van der Waals surface area contributed by atoms with Crippen molar-refractivity contribution in [2.24, 2.45) is 0 Å². The van der Waals surface area contributed by atoms with Crippen molar-refractivity contribution in [2.75, 3.05) is 5.32 Å². The molecule has 1 atom stereocenters. The van der Waals surface area contributed by atoms with E-state index >= 15 is 0 Å². The summed E-state index contributed by atoms with van der Waals surface area (Å²) < 4.78 is 6.52. The number of benzene rings is 2. The van der Waals surface area contributed by atoms with Gasteiger partial charge in [0, 0.05) is 15.2 Å². The Bertz CT molecular complexity index is 660. The summed E-state index contributed by atoms with van der Waals surface area (Å²) in [7, 11) is 0. The Balaban J connectivity index is 2.00. The number of hydrogen-bond donors (Lipinski definition) is 1. The standard InChI is InChI=1S/C16H15BrClNO2/c1-10-6-7-13(9-15(10)17)19-16(20)11(2)21-14-5-3-4-12(18)8-14/h3-9,11H,1-2H3,(H,19,20). The zero-order chi connectivity index (χ0) is 15.4.